The highest BCUT2D eigenvalue weighted by atomic mass is 32.1. The van der Waals surface area contributed by atoms with E-state index in [4.69, 9.17) is 17.0 Å². The Hall–Kier alpha value is -3.24. The average Bonchev–Trinajstić information content (AvgIpc) is 3.27. The zero-order valence-corrected chi connectivity index (χ0v) is 20.3. The smallest absolute Gasteiger partial charge is 0.414 e. The SMILES string of the molecule is CCC(=S)NCC1CN(c2ccc(N3CCN(C(=O)C(O)c4ccccc4)CC3)c(F)c2)C(=O)O1. The van der Waals surface area contributed by atoms with Crippen LogP contribution in [0.3, 0.4) is 0 Å². The summed E-state index contributed by atoms with van der Waals surface area (Å²) in [4.78, 5) is 30.6. The first kappa shape index (κ1) is 24.9. The van der Waals surface area contributed by atoms with Gasteiger partial charge < -0.3 is 25.0 Å². The number of aliphatic hydroxyl groups excluding tert-OH is 1. The predicted octanol–water partition coefficient (Wildman–Crippen LogP) is 2.86. The van der Waals surface area contributed by atoms with Crippen LogP contribution in [-0.4, -0.2) is 72.4 Å². The minimum Gasteiger partial charge on any atom is -0.442 e. The van der Waals surface area contributed by atoms with E-state index in [0.717, 1.165) is 0 Å². The van der Waals surface area contributed by atoms with Gasteiger partial charge in [0.15, 0.2) is 6.10 Å². The lowest BCUT2D eigenvalue weighted by molar-refractivity contribution is -0.140. The Morgan fingerprint density at radius 2 is 1.91 bits per heavy atom. The Balaban J connectivity index is 1.34. The van der Waals surface area contributed by atoms with Crippen molar-refractivity contribution in [2.45, 2.75) is 25.6 Å². The van der Waals surface area contributed by atoms with E-state index in [9.17, 15) is 14.7 Å². The zero-order valence-electron chi connectivity index (χ0n) is 19.5. The van der Waals surface area contributed by atoms with Crippen LogP contribution in [0.1, 0.15) is 25.0 Å². The fourth-order valence-corrected chi connectivity index (χ4v) is 4.31. The van der Waals surface area contributed by atoms with Gasteiger partial charge in [-0.3, -0.25) is 9.69 Å². The molecule has 2 amide bonds. The second-order valence-electron chi connectivity index (χ2n) is 8.54. The molecule has 10 heteroatoms. The Labute approximate surface area is 209 Å². The quantitative estimate of drug-likeness (QED) is 0.566. The fraction of sp³-hybridized carbons (Fsp3) is 0.400. The first-order chi connectivity index (χ1) is 16.9. The Morgan fingerprint density at radius 1 is 1.20 bits per heavy atom. The van der Waals surface area contributed by atoms with Crippen LogP contribution in [-0.2, 0) is 9.53 Å². The van der Waals surface area contributed by atoms with Crippen LogP contribution in [0.5, 0.6) is 0 Å². The molecule has 2 aromatic rings. The molecule has 2 atom stereocenters. The van der Waals surface area contributed by atoms with Crippen molar-refractivity contribution in [3.8, 4) is 0 Å². The van der Waals surface area contributed by atoms with Gasteiger partial charge in [-0.25, -0.2) is 9.18 Å². The molecule has 2 aliphatic heterocycles. The van der Waals surface area contributed by atoms with Crippen LogP contribution >= 0.6 is 12.2 Å². The number of piperazine rings is 1. The second kappa shape index (κ2) is 11.0. The fourth-order valence-electron chi connectivity index (χ4n) is 4.23. The maximum Gasteiger partial charge on any atom is 0.414 e. The molecule has 0 radical (unpaired) electrons. The van der Waals surface area contributed by atoms with Crippen molar-refractivity contribution in [3.63, 3.8) is 0 Å². The van der Waals surface area contributed by atoms with E-state index in [1.54, 1.807) is 41.3 Å². The number of hydrogen-bond acceptors (Lipinski definition) is 6. The van der Waals surface area contributed by atoms with Crippen molar-refractivity contribution in [3.05, 3.63) is 59.9 Å². The van der Waals surface area contributed by atoms with Crippen molar-refractivity contribution in [1.29, 1.82) is 0 Å². The Bertz CT molecular complexity index is 1080. The first-order valence-electron chi connectivity index (χ1n) is 11.7. The monoisotopic (exact) mass is 500 g/mol. The minimum absolute atomic E-state index is 0.307. The number of rotatable bonds is 7. The highest BCUT2D eigenvalue weighted by Gasteiger charge is 2.33. The molecular weight excluding hydrogens is 471 g/mol. The van der Waals surface area contributed by atoms with Gasteiger partial charge in [0.2, 0.25) is 0 Å². The van der Waals surface area contributed by atoms with Gasteiger partial charge in [0.1, 0.15) is 11.9 Å². The largest absolute Gasteiger partial charge is 0.442 e. The van der Waals surface area contributed by atoms with Crippen LogP contribution < -0.4 is 15.1 Å². The van der Waals surface area contributed by atoms with Crippen LogP contribution in [0, 0.1) is 5.82 Å². The van der Waals surface area contributed by atoms with E-state index < -0.39 is 18.0 Å². The summed E-state index contributed by atoms with van der Waals surface area (Å²) in [5, 5.41) is 13.5. The summed E-state index contributed by atoms with van der Waals surface area (Å²) in [6.45, 7) is 4.27. The summed E-state index contributed by atoms with van der Waals surface area (Å²) in [6.07, 6.45) is -1.39. The van der Waals surface area contributed by atoms with E-state index in [0.29, 0.717) is 67.6 Å². The summed E-state index contributed by atoms with van der Waals surface area (Å²) in [5.74, 6) is -0.809. The van der Waals surface area contributed by atoms with Gasteiger partial charge >= 0.3 is 6.09 Å². The van der Waals surface area contributed by atoms with Crippen LogP contribution in [0.25, 0.3) is 0 Å². The molecule has 2 aliphatic rings. The molecule has 0 spiro atoms. The summed E-state index contributed by atoms with van der Waals surface area (Å²) in [5.41, 5.74) is 1.38. The topological polar surface area (TPSA) is 85.4 Å². The number of ether oxygens (including phenoxy) is 1. The molecule has 0 aromatic heterocycles. The zero-order chi connectivity index (χ0) is 24.9. The van der Waals surface area contributed by atoms with Gasteiger partial charge in [-0.2, -0.15) is 0 Å². The number of hydrogen-bond donors (Lipinski definition) is 2. The number of nitrogens with zero attached hydrogens (tertiary/aromatic N) is 3. The van der Waals surface area contributed by atoms with Crippen molar-refractivity contribution in [1.82, 2.24) is 10.2 Å². The second-order valence-corrected chi connectivity index (χ2v) is 9.03. The molecular formula is C25H29FN4O4S. The normalized spacial score (nSPS) is 18.9. The molecule has 0 aliphatic carbocycles. The van der Waals surface area contributed by atoms with Gasteiger partial charge in [-0.05, 0) is 30.2 Å². The van der Waals surface area contributed by atoms with Gasteiger partial charge in [0.05, 0.1) is 29.5 Å². The predicted molar refractivity (Wildman–Crippen MR) is 135 cm³/mol. The van der Waals surface area contributed by atoms with Crippen molar-refractivity contribution >= 4 is 40.6 Å². The lowest BCUT2D eigenvalue weighted by atomic mass is 10.1. The highest BCUT2D eigenvalue weighted by Crippen LogP contribution is 2.29. The molecule has 2 N–H and O–H groups in total. The van der Waals surface area contributed by atoms with E-state index in [-0.39, 0.29) is 12.0 Å². The van der Waals surface area contributed by atoms with E-state index in [1.165, 1.54) is 11.0 Å². The first-order valence-corrected chi connectivity index (χ1v) is 12.1. The third kappa shape index (κ3) is 5.71. The summed E-state index contributed by atoms with van der Waals surface area (Å²) >= 11 is 5.14. The molecule has 186 valence electrons. The molecule has 2 unspecified atom stereocenters. The number of carbonyl (C=O) groups is 2. The van der Waals surface area contributed by atoms with Gasteiger partial charge in [0, 0.05) is 26.2 Å². The third-order valence-electron chi connectivity index (χ3n) is 6.25. The number of thiocarbonyl (C=S) groups is 1. The van der Waals surface area contributed by atoms with E-state index >= 15 is 4.39 Å². The van der Waals surface area contributed by atoms with Crippen molar-refractivity contribution in [2.75, 3.05) is 49.1 Å². The molecule has 35 heavy (non-hydrogen) atoms. The van der Waals surface area contributed by atoms with Gasteiger partial charge in [0.25, 0.3) is 5.91 Å². The molecule has 0 saturated carbocycles. The third-order valence-corrected chi connectivity index (χ3v) is 6.68. The lowest BCUT2D eigenvalue weighted by Gasteiger charge is -2.37. The molecule has 2 aromatic carbocycles. The van der Waals surface area contributed by atoms with Gasteiger partial charge in [-0.15, -0.1) is 0 Å². The van der Waals surface area contributed by atoms with E-state index in [1.807, 2.05) is 17.9 Å². The number of carbonyl (C=O) groups excluding carboxylic acids is 2. The van der Waals surface area contributed by atoms with Crippen LogP contribution in [0.4, 0.5) is 20.6 Å². The molecule has 8 nitrogen and oxygen atoms in total. The average molecular weight is 501 g/mol. The molecule has 2 fully saturated rings. The lowest BCUT2D eigenvalue weighted by Crippen LogP contribution is -2.50. The van der Waals surface area contributed by atoms with Crippen LogP contribution in [0.15, 0.2) is 48.5 Å². The number of aliphatic hydroxyl groups is 1. The number of anilines is 2. The Kier molecular flexibility index (Phi) is 7.82. The minimum atomic E-state index is -1.21. The molecule has 2 heterocycles. The number of benzene rings is 2. The highest BCUT2D eigenvalue weighted by molar-refractivity contribution is 7.80. The number of cyclic esters (lactones) is 1. The summed E-state index contributed by atoms with van der Waals surface area (Å²) in [7, 11) is 0. The molecule has 4 rings (SSSR count). The maximum atomic E-state index is 15.0. The van der Waals surface area contributed by atoms with Crippen molar-refractivity contribution in [2.24, 2.45) is 0 Å². The Morgan fingerprint density at radius 3 is 2.57 bits per heavy atom. The molecule has 2 saturated heterocycles. The van der Waals surface area contributed by atoms with Crippen molar-refractivity contribution < 1.29 is 23.8 Å². The van der Waals surface area contributed by atoms with Crippen LogP contribution in [0.2, 0.25) is 0 Å². The van der Waals surface area contributed by atoms with Gasteiger partial charge in [-0.1, -0.05) is 49.5 Å². The number of nitrogens with one attached hydrogen (secondary N) is 1. The maximum absolute atomic E-state index is 15.0. The molecule has 0 bridgehead atoms. The summed E-state index contributed by atoms with van der Waals surface area (Å²) in [6, 6.07) is 13.5. The van der Waals surface area contributed by atoms with E-state index in [2.05, 4.69) is 5.32 Å². The standard InChI is InChI=1S/C25H29FN4O4S/c1-2-22(35)27-15-19-16-30(25(33)34-19)18-8-9-21(20(26)14-18)28-10-12-29(13-11-28)24(32)23(31)17-6-4-3-5-7-17/h3-9,14,19,23,31H,2,10-13,15-16H2,1H3,(H,27,35). The summed E-state index contributed by atoms with van der Waals surface area (Å²) < 4.78 is 20.4. The number of amides is 2. The number of halogens is 1.